The molecule has 2 aromatic heterocycles. The van der Waals surface area contributed by atoms with E-state index in [-0.39, 0.29) is 21.9 Å². The molecule has 4 rings (SSSR count). The fourth-order valence-electron chi connectivity index (χ4n) is 2.71. The Morgan fingerprint density at radius 2 is 1.95 bits per heavy atom. The first kappa shape index (κ1) is 12.5. The Balaban J connectivity index is 2.40. The van der Waals surface area contributed by atoms with Crippen LogP contribution in [0.15, 0.2) is 43.2 Å². The number of thiol groups is 1. The number of para-hydroxylation sites is 1. The molecule has 0 spiro atoms. The largest absolute Gasteiger partial charge is 0.506 e. The quantitative estimate of drug-likeness (QED) is 0.411. The molecule has 0 saturated heterocycles. The van der Waals surface area contributed by atoms with Gasteiger partial charge in [0.1, 0.15) is 15.9 Å². The van der Waals surface area contributed by atoms with E-state index < -0.39 is 11.4 Å². The summed E-state index contributed by atoms with van der Waals surface area (Å²) < 4.78 is 6.81. The van der Waals surface area contributed by atoms with Crippen LogP contribution in [-0.4, -0.2) is 9.67 Å². The predicted molar refractivity (Wildman–Crippen MR) is 81.4 cm³/mol. The summed E-state index contributed by atoms with van der Waals surface area (Å²) in [4.78, 5) is 24.5. The van der Waals surface area contributed by atoms with Crippen molar-refractivity contribution in [3.05, 3.63) is 45.0 Å². The second kappa shape index (κ2) is 4.14. The Labute approximate surface area is 123 Å². The summed E-state index contributed by atoms with van der Waals surface area (Å²) in [7, 11) is 0. The number of nitrogens with zero attached hydrogens (tertiary/aromatic N) is 1. The molecule has 0 amide bonds. The second-order valence-corrected chi connectivity index (χ2v) is 5.66. The number of benzene rings is 1. The third kappa shape index (κ3) is 1.65. The van der Waals surface area contributed by atoms with Gasteiger partial charge < -0.3 is 14.1 Å². The van der Waals surface area contributed by atoms with Crippen molar-refractivity contribution in [2.24, 2.45) is 0 Å². The van der Waals surface area contributed by atoms with E-state index in [0.717, 1.165) is 12.8 Å². The molecule has 1 aliphatic rings. The molecular weight excluding hydrogens is 290 g/mol. The van der Waals surface area contributed by atoms with Gasteiger partial charge in [0.25, 0.3) is 5.56 Å². The lowest BCUT2D eigenvalue weighted by Gasteiger charge is -2.13. The van der Waals surface area contributed by atoms with Crippen LogP contribution in [0.3, 0.4) is 0 Å². The van der Waals surface area contributed by atoms with Gasteiger partial charge in [-0.3, -0.25) is 4.79 Å². The van der Waals surface area contributed by atoms with E-state index in [1.807, 2.05) is 0 Å². The van der Waals surface area contributed by atoms with Gasteiger partial charge in [0.2, 0.25) is 0 Å². The summed E-state index contributed by atoms with van der Waals surface area (Å²) in [5.74, 6) is -0.408. The molecule has 0 radical (unpaired) electrons. The molecule has 3 aromatic rings. The predicted octanol–water partition coefficient (Wildman–Crippen LogP) is 2.44. The molecule has 21 heavy (non-hydrogen) atoms. The summed E-state index contributed by atoms with van der Waals surface area (Å²) >= 11 is 4.06. The number of aromatic hydroxyl groups is 1. The Bertz CT molecular complexity index is 1010. The van der Waals surface area contributed by atoms with Crippen molar-refractivity contribution in [1.82, 2.24) is 4.57 Å². The lowest BCUT2D eigenvalue weighted by molar-refractivity contribution is 0.460. The molecule has 6 heteroatoms. The van der Waals surface area contributed by atoms with Crippen molar-refractivity contribution < 1.29 is 9.52 Å². The number of hydrogen-bond acceptors (Lipinski definition) is 5. The van der Waals surface area contributed by atoms with E-state index in [1.165, 1.54) is 0 Å². The van der Waals surface area contributed by atoms with Gasteiger partial charge in [-0.05, 0) is 25.0 Å². The molecule has 0 bridgehead atoms. The van der Waals surface area contributed by atoms with Crippen molar-refractivity contribution in [3.63, 3.8) is 0 Å². The van der Waals surface area contributed by atoms with Gasteiger partial charge in [-0.25, -0.2) is 4.79 Å². The maximum absolute atomic E-state index is 12.4. The van der Waals surface area contributed by atoms with Gasteiger partial charge in [0.05, 0.1) is 5.52 Å². The van der Waals surface area contributed by atoms with Gasteiger partial charge in [0.15, 0.2) is 5.75 Å². The summed E-state index contributed by atoms with van der Waals surface area (Å²) in [5.41, 5.74) is -0.202. The number of pyridine rings is 1. The molecule has 1 aromatic carbocycles. The summed E-state index contributed by atoms with van der Waals surface area (Å²) in [5, 5.41) is 10.8. The fourth-order valence-corrected chi connectivity index (χ4v) is 2.93. The zero-order chi connectivity index (χ0) is 14.7. The third-order valence-electron chi connectivity index (χ3n) is 3.82. The van der Waals surface area contributed by atoms with Crippen LogP contribution in [0.2, 0.25) is 0 Å². The van der Waals surface area contributed by atoms with Crippen molar-refractivity contribution >= 4 is 34.5 Å². The van der Waals surface area contributed by atoms with Crippen molar-refractivity contribution in [2.75, 3.05) is 0 Å². The van der Waals surface area contributed by atoms with E-state index in [0.29, 0.717) is 16.5 Å². The van der Waals surface area contributed by atoms with Crippen LogP contribution in [0.4, 0.5) is 0 Å². The Kier molecular flexibility index (Phi) is 2.47. The highest BCUT2D eigenvalue weighted by molar-refractivity contribution is 7.80. The smallest absolute Gasteiger partial charge is 0.349 e. The topological polar surface area (TPSA) is 72.4 Å². The standard InChI is InChI=1S/C15H11NO4S/c17-12-10-11(16(7-5-6-7)14(18)13(12)21)8-3-1-2-4-9(8)20-15(10)19/h1-4,7,17,21H,5-6H2. The Morgan fingerprint density at radius 3 is 2.67 bits per heavy atom. The lowest BCUT2D eigenvalue weighted by atomic mass is 10.1. The van der Waals surface area contributed by atoms with E-state index in [9.17, 15) is 14.7 Å². The average Bonchev–Trinajstić information content (AvgIpc) is 3.29. The summed E-state index contributed by atoms with van der Waals surface area (Å²) in [6.45, 7) is 0. The molecule has 0 aliphatic heterocycles. The third-order valence-corrected chi connectivity index (χ3v) is 4.22. The maximum atomic E-state index is 12.4. The average molecular weight is 301 g/mol. The van der Waals surface area contributed by atoms with Crippen molar-refractivity contribution in [1.29, 1.82) is 0 Å². The Morgan fingerprint density at radius 1 is 1.24 bits per heavy atom. The molecule has 5 nitrogen and oxygen atoms in total. The van der Waals surface area contributed by atoms with Gasteiger partial charge in [-0.15, -0.1) is 12.6 Å². The molecule has 106 valence electrons. The van der Waals surface area contributed by atoms with Crippen LogP contribution in [0.25, 0.3) is 21.9 Å². The zero-order valence-electron chi connectivity index (χ0n) is 10.9. The molecule has 1 aliphatic carbocycles. The van der Waals surface area contributed by atoms with Crippen molar-refractivity contribution in [2.45, 2.75) is 23.8 Å². The van der Waals surface area contributed by atoms with Gasteiger partial charge >= 0.3 is 5.63 Å². The first-order valence-electron chi connectivity index (χ1n) is 6.61. The normalized spacial score (nSPS) is 14.9. The SMILES string of the molecule is O=c1oc2ccccc2c2c1c(O)c(S)c(=O)n2C1CC1. The monoisotopic (exact) mass is 301 g/mol. The van der Waals surface area contributed by atoms with Crippen LogP contribution < -0.4 is 11.2 Å². The first-order valence-corrected chi connectivity index (χ1v) is 7.06. The maximum Gasteiger partial charge on any atom is 0.349 e. The van der Waals surface area contributed by atoms with Crippen LogP contribution in [0, 0.1) is 0 Å². The van der Waals surface area contributed by atoms with E-state index in [4.69, 9.17) is 4.42 Å². The highest BCUT2D eigenvalue weighted by atomic mass is 32.1. The number of rotatable bonds is 1. The van der Waals surface area contributed by atoms with Crippen LogP contribution in [0.5, 0.6) is 5.75 Å². The summed E-state index contributed by atoms with van der Waals surface area (Å²) in [6.07, 6.45) is 1.75. The molecule has 1 N–H and O–H groups in total. The zero-order valence-corrected chi connectivity index (χ0v) is 11.8. The molecule has 0 unspecified atom stereocenters. The van der Waals surface area contributed by atoms with Crippen molar-refractivity contribution in [3.8, 4) is 5.75 Å². The first-order chi connectivity index (χ1) is 10.1. The Hall–Kier alpha value is -2.21. The number of hydrogen-bond donors (Lipinski definition) is 2. The number of fused-ring (bicyclic) bond motifs is 3. The van der Waals surface area contributed by atoms with Crippen LogP contribution in [-0.2, 0) is 0 Å². The van der Waals surface area contributed by atoms with E-state index in [1.54, 1.807) is 28.8 Å². The highest BCUT2D eigenvalue weighted by Crippen LogP contribution is 2.39. The minimum absolute atomic E-state index is 0.0187. The minimum Gasteiger partial charge on any atom is -0.506 e. The van der Waals surface area contributed by atoms with Gasteiger partial charge in [-0.2, -0.15) is 0 Å². The number of aromatic nitrogens is 1. The van der Waals surface area contributed by atoms with E-state index in [2.05, 4.69) is 12.6 Å². The fraction of sp³-hybridized carbons (Fsp3) is 0.200. The van der Waals surface area contributed by atoms with E-state index >= 15 is 0 Å². The lowest BCUT2D eigenvalue weighted by Crippen LogP contribution is -2.22. The van der Waals surface area contributed by atoms with Crippen LogP contribution in [0.1, 0.15) is 18.9 Å². The molecule has 1 saturated carbocycles. The molecular formula is C15H11NO4S. The highest BCUT2D eigenvalue weighted by Gasteiger charge is 2.30. The molecule has 1 fully saturated rings. The minimum atomic E-state index is -0.661. The summed E-state index contributed by atoms with van der Waals surface area (Å²) in [6, 6.07) is 7.05. The van der Waals surface area contributed by atoms with Crippen LogP contribution >= 0.6 is 12.6 Å². The van der Waals surface area contributed by atoms with Gasteiger partial charge in [0, 0.05) is 11.4 Å². The second-order valence-electron chi connectivity index (χ2n) is 5.21. The van der Waals surface area contributed by atoms with Gasteiger partial charge in [-0.1, -0.05) is 12.1 Å². The molecule has 2 heterocycles. The molecule has 0 atom stereocenters.